The van der Waals surface area contributed by atoms with Gasteiger partial charge in [-0.05, 0) is 19.8 Å². The van der Waals surface area contributed by atoms with Gasteiger partial charge < -0.3 is 0 Å². The summed E-state index contributed by atoms with van der Waals surface area (Å²) in [6.45, 7) is 6.60. The molecule has 0 N–H and O–H groups in total. The highest BCUT2D eigenvalue weighted by atomic mass is 19.1. The molecule has 0 aliphatic heterocycles. The van der Waals surface area contributed by atoms with Crippen LogP contribution in [-0.2, 0) is 0 Å². The van der Waals surface area contributed by atoms with E-state index in [9.17, 15) is 4.39 Å². The molecule has 1 unspecified atom stereocenters. The number of hydrogen-bond acceptors (Lipinski definition) is 0. The van der Waals surface area contributed by atoms with E-state index in [1.54, 1.807) is 6.08 Å². The van der Waals surface area contributed by atoms with Crippen LogP contribution in [0.4, 0.5) is 4.39 Å². The molecule has 0 bridgehead atoms. The van der Waals surface area contributed by atoms with Gasteiger partial charge in [-0.25, -0.2) is 4.39 Å². The van der Waals surface area contributed by atoms with Crippen molar-refractivity contribution in [2.24, 2.45) is 0 Å². The zero-order valence-electron chi connectivity index (χ0n) is 4.36. The predicted molar refractivity (Wildman–Crippen MR) is 29.7 cm³/mol. The maximum atomic E-state index is 11.7. The molecule has 0 aliphatic rings. The van der Waals surface area contributed by atoms with Gasteiger partial charge in [-0.3, -0.25) is 0 Å². The summed E-state index contributed by atoms with van der Waals surface area (Å²) in [5, 5.41) is 0. The van der Waals surface area contributed by atoms with Crippen molar-refractivity contribution in [1.29, 1.82) is 0 Å². The first-order valence-corrected chi connectivity index (χ1v) is 2.35. The summed E-state index contributed by atoms with van der Waals surface area (Å²) in [5.41, 5.74) is 0. The molecular weight excluding hydrogens is 91.1 g/mol. The molecule has 0 amide bonds. The summed E-state index contributed by atoms with van der Waals surface area (Å²) in [6.07, 6.45) is 2.00. The third-order valence-electron chi connectivity index (χ3n) is 0.684. The molecule has 0 aromatic rings. The summed E-state index contributed by atoms with van der Waals surface area (Å²) < 4.78 is 11.7. The third-order valence-corrected chi connectivity index (χ3v) is 0.684. The van der Waals surface area contributed by atoms with E-state index in [0.29, 0.717) is 6.42 Å². The average Bonchev–Trinajstić information content (AvgIpc) is 1.61. The molecule has 0 aromatic carbocycles. The van der Waals surface area contributed by atoms with Crippen LogP contribution >= 0.6 is 0 Å². The van der Waals surface area contributed by atoms with Crippen LogP contribution in [0.1, 0.15) is 12.8 Å². The Bertz CT molecular complexity index is 48.1. The van der Waals surface area contributed by atoms with Crippen molar-refractivity contribution in [1.82, 2.24) is 0 Å². The largest absolute Gasteiger partial charge is 0.247 e. The van der Waals surface area contributed by atoms with Crippen molar-refractivity contribution in [3.8, 4) is 0 Å². The molecule has 0 aliphatic carbocycles. The SMILES string of the molecule is [CH2]C(F)CCC=C. The maximum absolute atomic E-state index is 11.7. The van der Waals surface area contributed by atoms with Gasteiger partial charge in [0.2, 0.25) is 0 Å². The second-order valence-electron chi connectivity index (χ2n) is 1.46. The quantitative estimate of drug-likeness (QED) is 0.478. The van der Waals surface area contributed by atoms with E-state index in [1.807, 2.05) is 0 Å². The minimum absolute atomic E-state index is 0.503. The summed E-state index contributed by atoms with van der Waals surface area (Å²) in [7, 11) is 0. The lowest BCUT2D eigenvalue weighted by Crippen LogP contribution is -1.89. The van der Waals surface area contributed by atoms with E-state index >= 15 is 0 Å². The smallest absolute Gasteiger partial charge is 0.101 e. The van der Waals surface area contributed by atoms with Crippen molar-refractivity contribution in [3.63, 3.8) is 0 Å². The Hall–Kier alpha value is -0.330. The molecule has 0 nitrogen and oxygen atoms in total. The highest BCUT2D eigenvalue weighted by Crippen LogP contribution is 1.98. The molecule has 0 heterocycles. The third kappa shape index (κ3) is 5.67. The number of alkyl halides is 1. The first-order chi connectivity index (χ1) is 3.27. The minimum Gasteiger partial charge on any atom is -0.247 e. The fraction of sp³-hybridized carbons (Fsp3) is 0.500. The zero-order valence-corrected chi connectivity index (χ0v) is 4.36. The summed E-state index contributed by atoms with van der Waals surface area (Å²) in [6, 6.07) is 0. The van der Waals surface area contributed by atoms with Gasteiger partial charge in [-0.1, -0.05) is 6.08 Å². The van der Waals surface area contributed by atoms with E-state index < -0.39 is 6.17 Å². The van der Waals surface area contributed by atoms with E-state index in [2.05, 4.69) is 13.5 Å². The average molecular weight is 101 g/mol. The highest BCUT2D eigenvalue weighted by Gasteiger charge is 1.92. The van der Waals surface area contributed by atoms with Crippen LogP contribution in [0.2, 0.25) is 0 Å². The van der Waals surface area contributed by atoms with Gasteiger partial charge in [0.1, 0.15) is 6.17 Å². The zero-order chi connectivity index (χ0) is 5.70. The second kappa shape index (κ2) is 3.85. The predicted octanol–water partition coefficient (Wildman–Crippen LogP) is 2.12. The molecule has 0 rings (SSSR count). The number of halogens is 1. The Morgan fingerprint density at radius 2 is 2.29 bits per heavy atom. The molecule has 41 valence electrons. The van der Waals surface area contributed by atoms with Crippen LogP contribution in [-0.4, -0.2) is 6.17 Å². The van der Waals surface area contributed by atoms with Gasteiger partial charge in [0, 0.05) is 0 Å². The first-order valence-electron chi connectivity index (χ1n) is 2.35. The van der Waals surface area contributed by atoms with Gasteiger partial charge in [0.05, 0.1) is 0 Å². The Morgan fingerprint density at radius 3 is 2.43 bits per heavy atom. The van der Waals surface area contributed by atoms with Gasteiger partial charge in [0.25, 0.3) is 0 Å². The van der Waals surface area contributed by atoms with Crippen LogP contribution < -0.4 is 0 Å². The molecule has 0 spiro atoms. The van der Waals surface area contributed by atoms with E-state index in [1.165, 1.54) is 0 Å². The van der Waals surface area contributed by atoms with Gasteiger partial charge >= 0.3 is 0 Å². The van der Waals surface area contributed by atoms with Crippen LogP contribution in [0.15, 0.2) is 12.7 Å². The molecule has 7 heavy (non-hydrogen) atoms. The fourth-order valence-corrected chi connectivity index (χ4v) is 0.299. The number of rotatable bonds is 3. The second-order valence-corrected chi connectivity index (χ2v) is 1.46. The summed E-state index contributed by atoms with van der Waals surface area (Å²) in [5.74, 6) is 0. The lowest BCUT2D eigenvalue weighted by Gasteiger charge is -1.92. The van der Waals surface area contributed by atoms with Crippen molar-refractivity contribution in [2.45, 2.75) is 19.0 Å². The summed E-state index contributed by atoms with van der Waals surface area (Å²) in [4.78, 5) is 0. The highest BCUT2D eigenvalue weighted by molar-refractivity contribution is 4.69. The fourth-order valence-electron chi connectivity index (χ4n) is 0.299. The minimum atomic E-state index is -0.919. The van der Waals surface area contributed by atoms with E-state index in [-0.39, 0.29) is 0 Å². The molecule has 0 saturated heterocycles. The number of allylic oxidation sites excluding steroid dienone is 1. The Morgan fingerprint density at radius 1 is 1.71 bits per heavy atom. The van der Waals surface area contributed by atoms with Crippen molar-refractivity contribution < 1.29 is 4.39 Å². The van der Waals surface area contributed by atoms with Crippen molar-refractivity contribution >= 4 is 0 Å². The van der Waals surface area contributed by atoms with E-state index in [0.717, 1.165) is 6.42 Å². The topological polar surface area (TPSA) is 0 Å². The molecule has 0 saturated carbocycles. The first kappa shape index (κ1) is 6.67. The molecule has 0 fully saturated rings. The molecule has 1 radical (unpaired) electrons. The van der Waals surface area contributed by atoms with Gasteiger partial charge in [-0.2, -0.15) is 0 Å². The van der Waals surface area contributed by atoms with Crippen LogP contribution in [0.5, 0.6) is 0 Å². The monoisotopic (exact) mass is 101 g/mol. The lowest BCUT2D eigenvalue weighted by atomic mass is 10.2. The Labute approximate surface area is 44.0 Å². The molecular formula is C6H10F. The Balaban J connectivity index is 2.81. The van der Waals surface area contributed by atoms with Gasteiger partial charge in [-0.15, -0.1) is 6.58 Å². The maximum Gasteiger partial charge on any atom is 0.101 e. The summed E-state index contributed by atoms with van der Waals surface area (Å²) >= 11 is 0. The Kier molecular flexibility index (Phi) is 3.67. The lowest BCUT2D eigenvalue weighted by molar-refractivity contribution is 0.378. The van der Waals surface area contributed by atoms with Crippen LogP contribution in [0.3, 0.4) is 0 Å². The molecule has 1 heteroatoms. The standard InChI is InChI=1S/C6H10F/c1-3-4-5-6(2)7/h3,6H,1-2,4-5H2. The molecule has 0 aromatic heterocycles. The van der Waals surface area contributed by atoms with E-state index in [4.69, 9.17) is 0 Å². The van der Waals surface area contributed by atoms with Gasteiger partial charge in [0.15, 0.2) is 0 Å². The normalized spacial score (nSPS) is 13.4. The van der Waals surface area contributed by atoms with Crippen LogP contribution in [0.25, 0.3) is 0 Å². The molecule has 1 atom stereocenters. The van der Waals surface area contributed by atoms with Crippen LogP contribution in [0, 0.1) is 6.92 Å². The van der Waals surface area contributed by atoms with Crippen molar-refractivity contribution in [3.05, 3.63) is 19.6 Å². The van der Waals surface area contributed by atoms with Crippen molar-refractivity contribution in [2.75, 3.05) is 0 Å². The number of hydrogen-bond donors (Lipinski definition) is 0.